The Bertz CT molecular complexity index is 1490. The van der Waals surface area contributed by atoms with Gasteiger partial charge in [0.1, 0.15) is 48.8 Å². The van der Waals surface area contributed by atoms with Crippen LogP contribution >= 0.6 is 0 Å². The minimum atomic E-state index is -1.84. The van der Waals surface area contributed by atoms with Gasteiger partial charge in [-0.3, -0.25) is 19.2 Å². The first-order valence-electron chi connectivity index (χ1n) is 23.0. The van der Waals surface area contributed by atoms with E-state index >= 15 is 0 Å². The number of rotatable bonds is 22. The number of aliphatic hydroxyl groups is 5. The molecule has 0 aromatic heterocycles. The molecule has 0 amide bonds. The van der Waals surface area contributed by atoms with Crippen molar-refractivity contribution in [2.24, 2.45) is 0 Å². The number of esters is 4. The van der Waals surface area contributed by atoms with Crippen LogP contribution in [0.5, 0.6) is 0 Å². The largest absolute Gasteiger partial charge is 0.457 e. The molecule has 376 valence electrons. The van der Waals surface area contributed by atoms with Crippen LogP contribution in [-0.2, 0) is 76.0 Å². The predicted molar refractivity (Wildman–Crippen MR) is 222 cm³/mol. The second-order valence-electron chi connectivity index (χ2n) is 17.4. The smallest absolute Gasteiger partial charge is 0.303 e. The maximum absolute atomic E-state index is 12.7. The van der Waals surface area contributed by atoms with Crippen LogP contribution in [0.3, 0.4) is 0 Å². The van der Waals surface area contributed by atoms with Gasteiger partial charge in [-0.25, -0.2) is 0 Å². The molecule has 0 radical (unpaired) electrons. The molecule has 0 bridgehead atoms. The standard InChI is InChI=1S/C44H74O21/c1-10-11-12-13-14-15-16-17-18-19-20-54-41-32(52)31(51)34(22(3)56-41)63-42-33(53)37(35(23(4)57-42)59-25(6)45)64-44-40(62-28(9)48)39(36(24(5)58-44)60-26(7)46)65-43-38(61-27(8)47)30(50)29(49)21(2)55-43/h21-24,29-44,49-53H,10-20H2,1-9H3/t21-,22+,23+,24-,29-,30-,31-,32+,33+,34-,35+,36+,37+,38-,39-,40-,41-,42-,43+,44-/m1/s1. The number of aliphatic hydroxyl groups excluding tert-OH is 5. The summed E-state index contributed by atoms with van der Waals surface area (Å²) in [5.74, 6) is -3.34. The van der Waals surface area contributed by atoms with Gasteiger partial charge >= 0.3 is 23.9 Å². The van der Waals surface area contributed by atoms with Gasteiger partial charge in [0.05, 0.1) is 24.4 Å². The number of unbranched alkanes of at least 4 members (excludes halogenated alkanes) is 9. The molecule has 4 rings (SSSR count). The monoisotopic (exact) mass is 938 g/mol. The molecule has 0 aromatic carbocycles. The van der Waals surface area contributed by atoms with Gasteiger partial charge in [-0.2, -0.15) is 0 Å². The van der Waals surface area contributed by atoms with Crippen LogP contribution in [0, 0.1) is 0 Å². The highest BCUT2D eigenvalue weighted by atomic mass is 16.8. The van der Waals surface area contributed by atoms with E-state index in [-0.39, 0.29) is 0 Å². The lowest BCUT2D eigenvalue weighted by molar-refractivity contribution is -0.385. The molecule has 20 atom stereocenters. The minimum absolute atomic E-state index is 0.302. The highest BCUT2D eigenvalue weighted by Crippen LogP contribution is 2.37. The molecule has 21 nitrogen and oxygen atoms in total. The Morgan fingerprint density at radius 2 is 0.769 bits per heavy atom. The van der Waals surface area contributed by atoms with E-state index in [0.717, 1.165) is 53.4 Å². The quantitative estimate of drug-likeness (QED) is 0.0585. The first-order chi connectivity index (χ1) is 30.7. The lowest BCUT2D eigenvalue weighted by atomic mass is 9.95. The summed E-state index contributed by atoms with van der Waals surface area (Å²) in [4.78, 5) is 49.7. The van der Waals surface area contributed by atoms with Crippen molar-refractivity contribution < 1.29 is 102 Å². The van der Waals surface area contributed by atoms with Crippen molar-refractivity contribution in [1.29, 1.82) is 0 Å². The van der Waals surface area contributed by atoms with Crippen molar-refractivity contribution in [1.82, 2.24) is 0 Å². The third-order valence-electron chi connectivity index (χ3n) is 11.9. The first-order valence-corrected chi connectivity index (χ1v) is 23.0. The fourth-order valence-corrected chi connectivity index (χ4v) is 8.53. The summed E-state index contributed by atoms with van der Waals surface area (Å²) in [6.07, 6.45) is -17.6. The second-order valence-corrected chi connectivity index (χ2v) is 17.4. The predicted octanol–water partition coefficient (Wildman–Crippen LogP) is 1.59. The third-order valence-corrected chi connectivity index (χ3v) is 11.9. The van der Waals surface area contributed by atoms with Crippen LogP contribution in [0.1, 0.15) is 127 Å². The second kappa shape index (κ2) is 26.2. The number of ether oxygens (including phenoxy) is 12. The molecule has 4 fully saturated rings. The Kier molecular flexibility index (Phi) is 22.2. The van der Waals surface area contributed by atoms with E-state index in [1.54, 1.807) is 6.92 Å². The minimum Gasteiger partial charge on any atom is -0.457 e. The molecule has 0 aromatic rings. The fraction of sp³-hybridized carbons (Fsp3) is 0.909. The van der Waals surface area contributed by atoms with Gasteiger partial charge in [0.25, 0.3) is 0 Å². The highest BCUT2D eigenvalue weighted by molar-refractivity contribution is 5.67. The Morgan fingerprint density at radius 1 is 0.385 bits per heavy atom. The summed E-state index contributed by atoms with van der Waals surface area (Å²) in [5, 5.41) is 55.7. The van der Waals surface area contributed by atoms with Crippen LogP contribution < -0.4 is 0 Å². The Labute approximate surface area is 380 Å². The topological polar surface area (TPSA) is 280 Å². The van der Waals surface area contributed by atoms with Crippen molar-refractivity contribution in [2.45, 2.75) is 249 Å². The molecule has 5 N–H and O–H groups in total. The van der Waals surface area contributed by atoms with E-state index in [1.807, 2.05) is 0 Å². The molecule has 4 heterocycles. The van der Waals surface area contributed by atoms with Gasteiger partial charge in [-0.15, -0.1) is 0 Å². The summed E-state index contributed by atoms with van der Waals surface area (Å²) in [6.45, 7) is 12.8. The molecule has 0 aliphatic carbocycles. The van der Waals surface area contributed by atoms with Crippen LogP contribution in [0.25, 0.3) is 0 Å². The molecule has 65 heavy (non-hydrogen) atoms. The Morgan fingerprint density at radius 3 is 1.32 bits per heavy atom. The SMILES string of the molecule is CCCCCCCCCCCCO[C@@H]1O[C@@H](C)[C@@H](O[C@H]2O[C@@H](C)[C@H](OC(C)=O)[C@@H](O[C@H]3O[C@H](C)[C@H](OC(C)=O)[C@@H](O[C@@H]4O[C@H](C)[C@@H](O)[C@@H](O)[C@H]4OC(C)=O)[C@H]3OC(C)=O)[C@@H]2O)[C@H](O)[C@@H]1O. The summed E-state index contributed by atoms with van der Waals surface area (Å²) in [6, 6.07) is 0. The van der Waals surface area contributed by atoms with Crippen molar-refractivity contribution in [3.05, 3.63) is 0 Å². The zero-order valence-electron chi connectivity index (χ0n) is 39.1. The highest BCUT2D eigenvalue weighted by Gasteiger charge is 2.57. The number of carbonyl (C=O) groups is 4. The molecule has 4 aliphatic rings. The average Bonchev–Trinajstić information content (AvgIpc) is 3.22. The molecule has 4 aliphatic heterocycles. The van der Waals surface area contributed by atoms with Gasteiger partial charge in [-0.1, -0.05) is 64.7 Å². The van der Waals surface area contributed by atoms with Crippen LogP contribution in [0.2, 0.25) is 0 Å². The molecule has 0 unspecified atom stereocenters. The van der Waals surface area contributed by atoms with E-state index in [2.05, 4.69) is 6.92 Å². The van der Waals surface area contributed by atoms with E-state index in [1.165, 1.54) is 59.3 Å². The zero-order valence-corrected chi connectivity index (χ0v) is 39.1. The van der Waals surface area contributed by atoms with Crippen molar-refractivity contribution >= 4 is 23.9 Å². The van der Waals surface area contributed by atoms with Crippen molar-refractivity contribution in [3.63, 3.8) is 0 Å². The van der Waals surface area contributed by atoms with Crippen molar-refractivity contribution in [2.75, 3.05) is 6.61 Å². The zero-order chi connectivity index (χ0) is 48.1. The lowest BCUT2D eigenvalue weighted by Crippen LogP contribution is -2.67. The van der Waals surface area contributed by atoms with Gasteiger partial charge in [0, 0.05) is 34.3 Å². The molecule has 4 saturated heterocycles. The number of hydrogen-bond acceptors (Lipinski definition) is 21. The van der Waals surface area contributed by atoms with Gasteiger partial charge in [0.15, 0.2) is 49.6 Å². The summed E-state index contributed by atoms with van der Waals surface area (Å²) in [7, 11) is 0. The molecular formula is C44H74O21. The normalized spacial score (nSPS) is 39.8. The molecule has 0 saturated carbocycles. The summed E-state index contributed by atoms with van der Waals surface area (Å²) < 4.78 is 70.5. The fourth-order valence-electron chi connectivity index (χ4n) is 8.53. The Hall–Kier alpha value is -2.64. The van der Waals surface area contributed by atoms with Crippen molar-refractivity contribution in [3.8, 4) is 0 Å². The first kappa shape index (κ1) is 55.0. The third kappa shape index (κ3) is 15.4. The van der Waals surface area contributed by atoms with E-state index in [0.29, 0.717) is 6.61 Å². The van der Waals surface area contributed by atoms with Crippen LogP contribution in [-0.4, -0.2) is 179 Å². The van der Waals surface area contributed by atoms with E-state index in [4.69, 9.17) is 56.8 Å². The maximum atomic E-state index is 12.7. The summed E-state index contributed by atoms with van der Waals surface area (Å²) in [5.41, 5.74) is 0. The van der Waals surface area contributed by atoms with E-state index in [9.17, 15) is 44.7 Å². The Balaban J connectivity index is 1.51. The van der Waals surface area contributed by atoms with Gasteiger partial charge in [0.2, 0.25) is 0 Å². The van der Waals surface area contributed by atoms with Crippen LogP contribution in [0.15, 0.2) is 0 Å². The molecular weight excluding hydrogens is 864 g/mol. The van der Waals surface area contributed by atoms with E-state index < -0.39 is 147 Å². The average molecular weight is 939 g/mol. The number of carbonyl (C=O) groups excluding carboxylic acids is 4. The lowest BCUT2D eigenvalue weighted by Gasteiger charge is -2.50. The maximum Gasteiger partial charge on any atom is 0.303 e. The summed E-state index contributed by atoms with van der Waals surface area (Å²) >= 11 is 0. The van der Waals surface area contributed by atoms with Crippen LogP contribution in [0.4, 0.5) is 0 Å². The molecule has 21 heteroatoms. The van der Waals surface area contributed by atoms with Gasteiger partial charge < -0.3 is 82.4 Å². The molecule has 0 spiro atoms. The number of hydrogen-bond donors (Lipinski definition) is 5. The van der Waals surface area contributed by atoms with Gasteiger partial charge in [-0.05, 0) is 34.1 Å².